The normalized spacial score (nSPS) is 28.5. The number of ether oxygens (including phenoxy) is 2. The first kappa shape index (κ1) is 10.5. The molecule has 0 aromatic carbocycles. The molecule has 0 aromatic rings. The Hall–Kier alpha value is -0.610. The number of hydrogen-bond acceptors (Lipinski definition) is 4. The van der Waals surface area contributed by atoms with E-state index < -0.39 is 0 Å². The maximum absolute atomic E-state index is 11.2. The minimum Gasteiger partial charge on any atom is -0.468 e. The molecule has 4 nitrogen and oxygen atoms in total. The first-order chi connectivity index (χ1) is 6.27. The summed E-state index contributed by atoms with van der Waals surface area (Å²) in [4.78, 5) is 11.2. The Morgan fingerprint density at radius 1 is 1.46 bits per heavy atom. The average Bonchev–Trinajstić information content (AvgIpc) is 2.18. The van der Waals surface area contributed by atoms with Crippen molar-refractivity contribution in [3.63, 3.8) is 0 Å². The van der Waals surface area contributed by atoms with Crippen LogP contribution >= 0.6 is 0 Å². The molecule has 1 saturated heterocycles. The van der Waals surface area contributed by atoms with Gasteiger partial charge in [0.2, 0.25) is 0 Å². The van der Waals surface area contributed by atoms with Crippen molar-refractivity contribution >= 4 is 5.97 Å². The number of nitrogens with one attached hydrogen (secondary N) is 1. The van der Waals surface area contributed by atoms with E-state index in [1.54, 1.807) is 7.11 Å². The molecule has 1 fully saturated rings. The Morgan fingerprint density at radius 2 is 2.23 bits per heavy atom. The summed E-state index contributed by atoms with van der Waals surface area (Å²) < 4.78 is 9.70. The molecule has 1 N–H and O–H groups in total. The molecule has 4 heteroatoms. The third-order valence-corrected chi connectivity index (χ3v) is 2.34. The SMILES string of the molecule is COCC1CCCC(C(=O)OC)N1. The second-order valence-corrected chi connectivity index (χ2v) is 3.33. The van der Waals surface area contributed by atoms with E-state index in [0.717, 1.165) is 19.3 Å². The molecule has 0 spiro atoms. The van der Waals surface area contributed by atoms with Gasteiger partial charge < -0.3 is 9.47 Å². The lowest BCUT2D eigenvalue weighted by Crippen LogP contribution is -2.48. The molecule has 76 valence electrons. The quantitative estimate of drug-likeness (QED) is 0.646. The van der Waals surface area contributed by atoms with Crippen molar-refractivity contribution in [2.24, 2.45) is 0 Å². The van der Waals surface area contributed by atoms with Gasteiger partial charge >= 0.3 is 5.97 Å². The molecular weight excluding hydrogens is 170 g/mol. The van der Waals surface area contributed by atoms with Crippen LogP contribution < -0.4 is 5.32 Å². The van der Waals surface area contributed by atoms with E-state index in [2.05, 4.69) is 10.1 Å². The first-order valence-corrected chi connectivity index (χ1v) is 4.60. The van der Waals surface area contributed by atoms with Crippen LogP contribution in [-0.4, -0.2) is 38.9 Å². The number of rotatable bonds is 3. The Balaban J connectivity index is 2.37. The summed E-state index contributed by atoms with van der Waals surface area (Å²) in [6.45, 7) is 0.660. The molecule has 2 atom stereocenters. The van der Waals surface area contributed by atoms with Crippen LogP contribution in [-0.2, 0) is 14.3 Å². The van der Waals surface area contributed by atoms with E-state index in [1.807, 2.05) is 0 Å². The highest BCUT2D eigenvalue weighted by Crippen LogP contribution is 2.13. The molecule has 13 heavy (non-hydrogen) atoms. The van der Waals surface area contributed by atoms with Crippen LogP contribution in [0.2, 0.25) is 0 Å². The molecule has 1 rings (SSSR count). The van der Waals surface area contributed by atoms with Gasteiger partial charge in [-0.25, -0.2) is 0 Å². The van der Waals surface area contributed by atoms with Gasteiger partial charge in [0, 0.05) is 13.2 Å². The van der Waals surface area contributed by atoms with Gasteiger partial charge in [-0.3, -0.25) is 10.1 Å². The topological polar surface area (TPSA) is 47.6 Å². The van der Waals surface area contributed by atoms with Crippen LogP contribution in [0.25, 0.3) is 0 Å². The zero-order chi connectivity index (χ0) is 9.68. The monoisotopic (exact) mass is 187 g/mol. The van der Waals surface area contributed by atoms with E-state index in [-0.39, 0.29) is 12.0 Å². The van der Waals surface area contributed by atoms with Crippen LogP contribution in [0.4, 0.5) is 0 Å². The van der Waals surface area contributed by atoms with Crippen LogP contribution in [0.15, 0.2) is 0 Å². The third-order valence-electron chi connectivity index (χ3n) is 2.34. The van der Waals surface area contributed by atoms with E-state index in [9.17, 15) is 4.79 Å². The van der Waals surface area contributed by atoms with Crippen LogP contribution in [0.5, 0.6) is 0 Å². The van der Waals surface area contributed by atoms with Crippen LogP contribution in [0, 0.1) is 0 Å². The average molecular weight is 187 g/mol. The molecule has 0 amide bonds. The van der Waals surface area contributed by atoms with Crippen molar-refractivity contribution in [1.82, 2.24) is 5.32 Å². The molecule has 0 aromatic heterocycles. The molecule has 0 saturated carbocycles. The number of carbonyl (C=O) groups is 1. The summed E-state index contributed by atoms with van der Waals surface area (Å²) >= 11 is 0. The maximum atomic E-state index is 11.2. The molecule has 2 unspecified atom stereocenters. The largest absolute Gasteiger partial charge is 0.468 e. The fourth-order valence-corrected chi connectivity index (χ4v) is 1.68. The van der Waals surface area contributed by atoms with E-state index in [0.29, 0.717) is 12.6 Å². The van der Waals surface area contributed by atoms with Crippen LogP contribution in [0.3, 0.4) is 0 Å². The molecule has 1 aliphatic heterocycles. The summed E-state index contributed by atoms with van der Waals surface area (Å²) in [6.07, 6.45) is 3.00. The predicted octanol–water partition coefficient (Wildman–Crippen LogP) is 0.317. The predicted molar refractivity (Wildman–Crippen MR) is 48.5 cm³/mol. The van der Waals surface area contributed by atoms with Crippen molar-refractivity contribution in [1.29, 1.82) is 0 Å². The van der Waals surface area contributed by atoms with Crippen molar-refractivity contribution in [2.45, 2.75) is 31.3 Å². The number of esters is 1. The molecule has 0 aliphatic carbocycles. The van der Waals surface area contributed by atoms with Crippen molar-refractivity contribution in [3.05, 3.63) is 0 Å². The van der Waals surface area contributed by atoms with E-state index >= 15 is 0 Å². The second kappa shape index (κ2) is 5.19. The molecule has 1 aliphatic rings. The van der Waals surface area contributed by atoms with E-state index in [4.69, 9.17) is 4.74 Å². The Bertz CT molecular complexity index is 170. The van der Waals surface area contributed by atoms with Crippen molar-refractivity contribution in [3.8, 4) is 0 Å². The van der Waals surface area contributed by atoms with Gasteiger partial charge in [-0.2, -0.15) is 0 Å². The zero-order valence-electron chi connectivity index (χ0n) is 8.21. The fourth-order valence-electron chi connectivity index (χ4n) is 1.68. The molecule has 0 bridgehead atoms. The lowest BCUT2D eigenvalue weighted by Gasteiger charge is -2.28. The standard InChI is InChI=1S/C9H17NO3/c1-12-6-7-4-3-5-8(10-7)9(11)13-2/h7-8,10H,3-6H2,1-2H3. The van der Waals surface area contributed by atoms with Gasteiger partial charge in [0.15, 0.2) is 0 Å². The van der Waals surface area contributed by atoms with Gasteiger partial charge in [-0.05, 0) is 19.3 Å². The van der Waals surface area contributed by atoms with Crippen molar-refractivity contribution in [2.75, 3.05) is 20.8 Å². The molecular formula is C9H17NO3. The highest BCUT2D eigenvalue weighted by molar-refractivity contribution is 5.75. The van der Waals surface area contributed by atoms with Gasteiger partial charge in [-0.15, -0.1) is 0 Å². The Labute approximate surface area is 78.6 Å². The molecule has 0 radical (unpaired) electrons. The number of hydrogen-bond donors (Lipinski definition) is 1. The summed E-state index contributed by atoms with van der Waals surface area (Å²) in [5.74, 6) is -0.166. The van der Waals surface area contributed by atoms with Gasteiger partial charge in [-0.1, -0.05) is 0 Å². The smallest absolute Gasteiger partial charge is 0.322 e. The first-order valence-electron chi connectivity index (χ1n) is 4.60. The second-order valence-electron chi connectivity index (χ2n) is 3.33. The number of methoxy groups -OCH3 is 2. The fraction of sp³-hybridized carbons (Fsp3) is 0.889. The highest BCUT2D eigenvalue weighted by Gasteiger charge is 2.26. The highest BCUT2D eigenvalue weighted by atomic mass is 16.5. The lowest BCUT2D eigenvalue weighted by molar-refractivity contribution is -0.144. The Morgan fingerprint density at radius 3 is 2.85 bits per heavy atom. The summed E-state index contributed by atoms with van der Waals surface area (Å²) in [5, 5.41) is 3.21. The lowest BCUT2D eigenvalue weighted by atomic mass is 9.99. The summed E-state index contributed by atoms with van der Waals surface area (Å²) in [7, 11) is 3.09. The van der Waals surface area contributed by atoms with Gasteiger partial charge in [0.25, 0.3) is 0 Å². The number of carbonyl (C=O) groups excluding carboxylic acids is 1. The maximum Gasteiger partial charge on any atom is 0.322 e. The van der Waals surface area contributed by atoms with Gasteiger partial charge in [0.1, 0.15) is 6.04 Å². The zero-order valence-corrected chi connectivity index (χ0v) is 8.21. The van der Waals surface area contributed by atoms with Crippen LogP contribution in [0.1, 0.15) is 19.3 Å². The summed E-state index contributed by atoms with van der Waals surface area (Å²) in [6, 6.07) is 0.154. The minimum absolute atomic E-state index is 0.140. The molecule has 1 heterocycles. The van der Waals surface area contributed by atoms with Gasteiger partial charge in [0.05, 0.1) is 13.7 Å². The third kappa shape index (κ3) is 2.97. The van der Waals surface area contributed by atoms with Crippen molar-refractivity contribution < 1.29 is 14.3 Å². The van der Waals surface area contributed by atoms with E-state index in [1.165, 1.54) is 7.11 Å². The number of piperidine rings is 1. The Kier molecular flexibility index (Phi) is 4.18. The summed E-state index contributed by atoms with van der Waals surface area (Å²) in [5.41, 5.74) is 0. The minimum atomic E-state index is -0.166.